The van der Waals surface area contributed by atoms with Crippen LogP contribution in [-0.2, 0) is 0 Å². The molecule has 2 aromatic carbocycles. The second-order valence-electron chi connectivity index (χ2n) is 6.33. The van der Waals surface area contributed by atoms with Crippen LogP contribution in [0.5, 0.6) is 0 Å². The largest absolute Gasteiger partial charge is 0.335 e. The predicted molar refractivity (Wildman–Crippen MR) is 101 cm³/mol. The lowest BCUT2D eigenvalue weighted by Crippen LogP contribution is -2.29. The topological polar surface area (TPSA) is 94.6 Å². The van der Waals surface area contributed by atoms with Crippen LogP contribution >= 0.6 is 0 Å². The highest BCUT2D eigenvalue weighted by atomic mass is 16.2. The van der Waals surface area contributed by atoms with E-state index in [1.165, 1.54) is 17.3 Å². The van der Waals surface area contributed by atoms with Crippen molar-refractivity contribution in [3.63, 3.8) is 0 Å². The summed E-state index contributed by atoms with van der Waals surface area (Å²) in [4.78, 5) is 18.6. The second kappa shape index (κ2) is 7.39. The van der Waals surface area contributed by atoms with Crippen LogP contribution in [0.1, 0.15) is 28.9 Å². The van der Waals surface area contributed by atoms with Gasteiger partial charge in [0, 0.05) is 12.6 Å². The van der Waals surface area contributed by atoms with Crippen LogP contribution in [0.25, 0.3) is 11.4 Å². The van der Waals surface area contributed by atoms with Crippen LogP contribution in [0.15, 0.2) is 67.5 Å². The van der Waals surface area contributed by atoms with Gasteiger partial charge in [-0.25, -0.2) is 14.3 Å². The third-order valence-electron chi connectivity index (χ3n) is 4.67. The summed E-state index contributed by atoms with van der Waals surface area (Å²) in [6, 6.07) is 15.0. The molecule has 140 valence electrons. The van der Waals surface area contributed by atoms with Gasteiger partial charge in [0.05, 0.1) is 17.4 Å². The molecule has 28 heavy (non-hydrogen) atoms. The van der Waals surface area contributed by atoms with Crippen molar-refractivity contribution in [3.05, 3.63) is 78.6 Å². The maximum atomic E-state index is 13.0. The first-order valence-electron chi connectivity index (χ1n) is 8.69. The van der Waals surface area contributed by atoms with Gasteiger partial charge in [-0.2, -0.15) is 5.10 Å². The molecule has 0 bridgehead atoms. The average Bonchev–Trinajstić information content (AvgIpc) is 3.47. The lowest BCUT2D eigenvalue weighted by molar-refractivity contribution is 0.0742. The molecule has 2 heterocycles. The Morgan fingerprint density at radius 1 is 1.04 bits per heavy atom. The van der Waals surface area contributed by atoms with Gasteiger partial charge in [0.2, 0.25) is 0 Å². The van der Waals surface area contributed by atoms with Gasteiger partial charge in [-0.05, 0) is 53.2 Å². The third-order valence-corrected chi connectivity index (χ3v) is 4.67. The highest BCUT2D eigenvalue weighted by molar-refractivity contribution is 5.94. The van der Waals surface area contributed by atoms with E-state index >= 15 is 0 Å². The Kier molecular flexibility index (Phi) is 4.63. The van der Waals surface area contributed by atoms with E-state index in [4.69, 9.17) is 0 Å². The number of amides is 1. The summed E-state index contributed by atoms with van der Waals surface area (Å²) in [5.74, 6) is -0.0808. The van der Waals surface area contributed by atoms with Crippen LogP contribution in [0.3, 0.4) is 0 Å². The Bertz CT molecular complexity index is 1060. The molecule has 0 saturated heterocycles. The number of aromatic nitrogens is 7. The first-order valence-corrected chi connectivity index (χ1v) is 8.69. The van der Waals surface area contributed by atoms with E-state index in [9.17, 15) is 4.79 Å². The molecule has 0 radical (unpaired) electrons. The molecule has 9 heteroatoms. The SMILES string of the molecule is CC(c1ccc(-n2cncn2)cc1)N(C)C(=O)c1cccc(-n2cnnn2)c1. The maximum absolute atomic E-state index is 13.0. The van der Waals surface area contributed by atoms with Crippen LogP contribution in [0, 0.1) is 0 Å². The van der Waals surface area contributed by atoms with E-state index < -0.39 is 0 Å². The molecule has 1 amide bonds. The molecule has 0 spiro atoms. The van der Waals surface area contributed by atoms with Crippen molar-refractivity contribution in [2.75, 3.05) is 7.05 Å². The number of rotatable bonds is 5. The fraction of sp³-hybridized carbons (Fsp3) is 0.158. The number of carbonyl (C=O) groups is 1. The minimum atomic E-state index is -0.103. The molecule has 1 atom stereocenters. The zero-order chi connectivity index (χ0) is 19.5. The summed E-state index contributed by atoms with van der Waals surface area (Å²) < 4.78 is 3.21. The normalized spacial score (nSPS) is 11.9. The molecule has 0 aliphatic heterocycles. The Balaban J connectivity index is 1.53. The quantitative estimate of drug-likeness (QED) is 0.531. The number of carbonyl (C=O) groups excluding carboxylic acids is 1. The molecule has 2 aromatic heterocycles. The Hall–Kier alpha value is -3.88. The van der Waals surface area contributed by atoms with Gasteiger partial charge in [0.15, 0.2) is 0 Å². The first kappa shape index (κ1) is 17.5. The fourth-order valence-corrected chi connectivity index (χ4v) is 2.91. The molecule has 0 aliphatic carbocycles. The smallest absolute Gasteiger partial charge is 0.254 e. The summed E-state index contributed by atoms with van der Waals surface area (Å²) in [5, 5.41) is 15.2. The number of nitrogens with zero attached hydrogens (tertiary/aromatic N) is 8. The summed E-state index contributed by atoms with van der Waals surface area (Å²) in [6.07, 6.45) is 4.63. The molecule has 1 unspecified atom stereocenters. The molecule has 4 rings (SSSR count). The van der Waals surface area contributed by atoms with Crippen molar-refractivity contribution in [1.29, 1.82) is 0 Å². The van der Waals surface area contributed by atoms with Crippen LogP contribution in [0.4, 0.5) is 0 Å². The number of tetrazole rings is 1. The minimum Gasteiger partial charge on any atom is -0.335 e. The lowest BCUT2D eigenvalue weighted by atomic mass is 10.1. The molecule has 4 aromatic rings. The first-order chi connectivity index (χ1) is 13.6. The molecule has 0 aliphatic rings. The summed E-state index contributed by atoms with van der Waals surface area (Å²) >= 11 is 0. The molecular formula is C19H18N8O. The van der Waals surface area contributed by atoms with Gasteiger partial charge in [0.1, 0.15) is 19.0 Å². The Morgan fingerprint density at radius 2 is 1.86 bits per heavy atom. The number of hydrogen-bond acceptors (Lipinski definition) is 6. The highest BCUT2D eigenvalue weighted by Crippen LogP contribution is 2.22. The number of benzene rings is 2. The van der Waals surface area contributed by atoms with Gasteiger partial charge in [-0.3, -0.25) is 4.79 Å². The van der Waals surface area contributed by atoms with E-state index in [-0.39, 0.29) is 11.9 Å². The molecule has 0 N–H and O–H groups in total. The van der Waals surface area contributed by atoms with Gasteiger partial charge >= 0.3 is 0 Å². The van der Waals surface area contributed by atoms with Crippen molar-refractivity contribution in [2.45, 2.75) is 13.0 Å². The third kappa shape index (κ3) is 3.37. The predicted octanol–water partition coefficient (Wildman–Crippen LogP) is 2.08. The summed E-state index contributed by atoms with van der Waals surface area (Å²) in [5.41, 5.74) is 3.24. The maximum Gasteiger partial charge on any atom is 0.254 e. The van der Waals surface area contributed by atoms with Crippen molar-refractivity contribution in [1.82, 2.24) is 39.9 Å². The van der Waals surface area contributed by atoms with Gasteiger partial charge in [0.25, 0.3) is 5.91 Å². The van der Waals surface area contributed by atoms with Gasteiger partial charge < -0.3 is 4.90 Å². The van der Waals surface area contributed by atoms with Crippen molar-refractivity contribution in [2.24, 2.45) is 0 Å². The van der Waals surface area contributed by atoms with E-state index in [2.05, 4.69) is 25.6 Å². The summed E-state index contributed by atoms with van der Waals surface area (Å²) in [6.45, 7) is 1.99. The van der Waals surface area contributed by atoms with E-state index in [1.807, 2.05) is 43.3 Å². The molecular weight excluding hydrogens is 356 g/mol. The summed E-state index contributed by atoms with van der Waals surface area (Å²) in [7, 11) is 1.79. The molecule has 0 saturated carbocycles. The van der Waals surface area contributed by atoms with Crippen molar-refractivity contribution >= 4 is 5.91 Å². The second-order valence-corrected chi connectivity index (χ2v) is 6.33. The number of hydrogen-bond donors (Lipinski definition) is 0. The molecule has 9 nitrogen and oxygen atoms in total. The van der Waals surface area contributed by atoms with E-state index in [0.29, 0.717) is 5.56 Å². The lowest BCUT2D eigenvalue weighted by Gasteiger charge is -2.25. The van der Waals surface area contributed by atoms with Gasteiger partial charge in [-0.1, -0.05) is 18.2 Å². The monoisotopic (exact) mass is 374 g/mol. The fourth-order valence-electron chi connectivity index (χ4n) is 2.91. The zero-order valence-corrected chi connectivity index (χ0v) is 15.4. The van der Waals surface area contributed by atoms with Gasteiger partial charge in [-0.15, -0.1) is 5.10 Å². The Morgan fingerprint density at radius 3 is 2.54 bits per heavy atom. The van der Waals surface area contributed by atoms with E-state index in [0.717, 1.165) is 16.9 Å². The average molecular weight is 374 g/mol. The van der Waals surface area contributed by atoms with Crippen molar-refractivity contribution < 1.29 is 4.79 Å². The Labute approximate surface area is 161 Å². The zero-order valence-electron chi connectivity index (χ0n) is 15.4. The van der Waals surface area contributed by atoms with Crippen LogP contribution < -0.4 is 0 Å². The van der Waals surface area contributed by atoms with Crippen molar-refractivity contribution in [3.8, 4) is 11.4 Å². The highest BCUT2D eigenvalue weighted by Gasteiger charge is 2.19. The minimum absolute atomic E-state index is 0.0808. The van der Waals surface area contributed by atoms with E-state index in [1.54, 1.807) is 35.1 Å². The van der Waals surface area contributed by atoms with Crippen LogP contribution in [-0.4, -0.2) is 52.8 Å². The van der Waals surface area contributed by atoms with Crippen LogP contribution in [0.2, 0.25) is 0 Å². The molecule has 0 fully saturated rings. The standard InChI is InChI=1S/C19H18N8O/c1-14(15-6-8-17(9-7-15)26-12-20-11-22-26)25(2)19(28)16-4-3-5-18(10-16)27-13-21-23-24-27/h3-14H,1-2H3.